The van der Waals surface area contributed by atoms with Gasteiger partial charge in [-0.1, -0.05) is 27.7 Å². The number of nitrogens with zero attached hydrogens (tertiary/aromatic N) is 1. The molecular formula is C17H32N2O. The van der Waals surface area contributed by atoms with Gasteiger partial charge in [0.25, 0.3) is 0 Å². The molecule has 20 heavy (non-hydrogen) atoms. The first-order valence-electron chi connectivity index (χ1n) is 7.93. The largest absolute Gasteiger partial charge is 0.468 e. The molecule has 3 nitrogen and oxygen atoms in total. The fraction of sp³-hybridized carbons (Fsp3) is 0.765. The highest BCUT2D eigenvalue weighted by Gasteiger charge is 2.27. The van der Waals surface area contributed by atoms with Crippen LogP contribution in [-0.4, -0.2) is 31.6 Å². The SMILES string of the molecule is CCC(CC)(CNCC(C)C)CN(C)Cc1ccco1. The Balaban J connectivity index is 2.51. The van der Waals surface area contributed by atoms with E-state index in [9.17, 15) is 0 Å². The summed E-state index contributed by atoms with van der Waals surface area (Å²) in [6.45, 7) is 13.3. The molecule has 0 aliphatic rings. The summed E-state index contributed by atoms with van der Waals surface area (Å²) < 4.78 is 5.44. The third kappa shape index (κ3) is 5.68. The molecule has 0 aliphatic heterocycles. The minimum absolute atomic E-state index is 0.357. The molecular weight excluding hydrogens is 248 g/mol. The van der Waals surface area contributed by atoms with Crippen LogP contribution < -0.4 is 5.32 Å². The number of rotatable bonds is 10. The summed E-state index contributed by atoms with van der Waals surface area (Å²) in [6, 6.07) is 4.01. The van der Waals surface area contributed by atoms with E-state index in [1.54, 1.807) is 6.26 Å². The van der Waals surface area contributed by atoms with Crippen molar-refractivity contribution < 1.29 is 4.42 Å². The van der Waals surface area contributed by atoms with Crippen LogP contribution >= 0.6 is 0 Å². The van der Waals surface area contributed by atoms with E-state index in [-0.39, 0.29) is 0 Å². The summed E-state index contributed by atoms with van der Waals surface area (Å²) in [4.78, 5) is 2.38. The van der Waals surface area contributed by atoms with E-state index < -0.39 is 0 Å². The van der Waals surface area contributed by atoms with E-state index in [1.165, 1.54) is 12.8 Å². The highest BCUT2D eigenvalue weighted by Crippen LogP contribution is 2.27. The highest BCUT2D eigenvalue weighted by atomic mass is 16.3. The summed E-state index contributed by atoms with van der Waals surface area (Å²) in [6.07, 6.45) is 4.16. The van der Waals surface area contributed by atoms with Crippen molar-refractivity contribution in [1.82, 2.24) is 10.2 Å². The van der Waals surface area contributed by atoms with Gasteiger partial charge in [-0.3, -0.25) is 4.90 Å². The van der Waals surface area contributed by atoms with Gasteiger partial charge in [0, 0.05) is 13.1 Å². The van der Waals surface area contributed by atoms with Crippen LogP contribution in [-0.2, 0) is 6.54 Å². The molecule has 0 amide bonds. The topological polar surface area (TPSA) is 28.4 Å². The molecule has 1 N–H and O–H groups in total. The first-order valence-corrected chi connectivity index (χ1v) is 7.93. The lowest BCUT2D eigenvalue weighted by Crippen LogP contribution is -2.43. The Morgan fingerprint density at radius 2 is 2.00 bits per heavy atom. The smallest absolute Gasteiger partial charge is 0.117 e. The van der Waals surface area contributed by atoms with Crippen LogP contribution in [0.15, 0.2) is 22.8 Å². The van der Waals surface area contributed by atoms with Gasteiger partial charge in [-0.15, -0.1) is 0 Å². The van der Waals surface area contributed by atoms with Gasteiger partial charge in [-0.05, 0) is 49.9 Å². The van der Waals surface area contributed by atoms with Gasteiger partial charge in [0.2, 0.25) is 0 Å². The van der Waals surface area contributed by atoms with Crippen molar-refractivity contribution in [1.29, 1.82) is 0 Å². The lowest BCUT2D eigenvalue weighted by atomic mass is 9.81. The first-order chi connectivity index (χ1) is 9.51. The molecule has 0 atom stereocenters. The maximum atomic E-state index is 5.44. The maximum Gasteiger partial charge on any atom is 0.117 e. The van der Waals surface area contributed by atoms with Crippen molar-refractivity contribution in [3.05, 3.63) is 24.2 Å². The zero-order valence-corrected chi connectivity index (χ0v) is 13.9. The van der Waals surface area contributed by atoms with Gasteiger partial charge >= 0.3 is 0 Å². The predicted molar refractivity (Wildman–Crippen MR) is 85.8 cm³/mol. The third-order valence-corrected chi connectivity index (χ3v) is 4.16. The molecule has 116 valence electrons. The third-order valence-electron chi connectivity index (χ3n) is 4.16. The van der Waals surface area contributed by atoms with E-state index in [4.69, 9.17) is 4.42 Å². The molecule has 3 heteroatoms. The zero-order valence-electron chi connectivity index (χ0n) is 13.9. The van der Waals surface area contributed by atoms with Crippen molar-refractivity contribution >= 4 is 0 Å². The second-order valence-electron chi connectivity index (χ2n) is 6.48. The molecule has 1 aromatic heterocycles. The lowest BCUT2D eigenvalue weighted by molar-refractivity contribution is 0.143. The van der Waals surface area contributed by atoms with Gasteiger partial charge < -0.3 is 9.73 Å². The molecule has 1 rings (SSSR count). The normalized spacial score (nSPS) is 12.6. The lowest BCUT2D eigenvalue weighted by Gasteiger charge is -2.36. The van der Waals surface area contributed by atoms with Crippen LogP contribution in [0.4, 0.5) is 0 Å². The quantitative estimate of drug-likeness (QED) is 0.707. The summed E-state index contributed by atoms with van der Waals surface area (Å²) >= 11 is 0. The summed E-state index contributed by atoms with van der Waals surface area (Å²) in [5.74, 6) is 1.76. The van der Waals surface area contributed by atoms with Crippen LogP contribution in [0.25, 0.3) is 0 Å². The van der Waals surface area contributed by atoms with Gasteiger partial charge in [0.05, 0.1) is 12.8 Å². The second kappa shape index (κ2) is 8.48. The minimum Gasteiger partial charge on any atom is -0.468 e. The monoisotopic (exact) mass is 280 g/mol. The van der Waals surface area contributed by atoms with E-state index in [1.807, 2.05) is 12.1 Å². The average Bonchev–Trinajstić information content (AvgIpc) is 2.89. The maximum absolute atomic E-state index is 5.44. The summed E-state index contributed by atoms with van der Waals surface area (Å²) in [7, 11) is 2.19. The van der Waals surface area contributed by atoms with Crippen molar-refractivity contribution in [2.75, 3.05) is 26.7 Å². The molecule has 0 spiro atoms. The number of hydrogen-bond donors (Lipinski definition) is 1. The van der Waals surface area contributed by atoms with E-state index in [0.29, 0.717) is 11.3 Å². The standard InChI is InChI=1S/C17H32N2O/c1-6-17(7-2,13-18-11-15(3)4)14-19(5)12-16-9-8-10-20-16/h8-10,15,18H,6-7,11-14H2,1-5H3. The fourth-order valence-corrected chi connectivity index (χ4v) is 2.70. The number of furan rings is 1. The molecule has 0 radical (unpaired) electrons. The van der Waals surface area contributed by atoms with Crippen LogP contribution in [0.2, 0.25) is 0 Å². The van der Waals surface area contributed by atoms with Crippen LogP contribution in [0, 0.1) is 11.3 Å². The Morgan fingerprint density at radius 1 is 1.30 bits per heavy atom. The Hall–Kier alpha value is -0.800. The molecule has 0 fully saturated rings. The Morgan fingerprint density at radius 3 is 2.50 bits per heavy atom. The molecule has 0 unspecified atom stereocenters. The molecule has 0 aliphatic carbocycles. The molecule has 1 heterocycles. The Labute approximate surface area is 124 Å². The highest BCUT2D eigenvalue weighted by molar-refractivity contribution is 4.98. The molecule has 0 aromatic carbocycles. The summed E-state index contributed by atoms with van der Waals surface area (Å²) in [5.41, 5.74) is 0.357. The second-order valence-corrected chi connectivity index (χ2v) is 6.48. The average molecular weight is 280 g/mol. The van der Waals surface area contributed by atoms with Crippen molar-refractivity contribution in [2.45, 2.75) is 47.1 Å². The van der Waals surface area contributed by atoms with Crippen LogP contribution in [0.5, 0.6) is 0 Å². The molecule has 0 saturated heterocycles. The fourth-order valence-electron chi connectivity index (χ4n) is 2.70. The molecule has 0 bridgehead atoms. The predicted octanol–water partition coefficient (Wildman–Crippen LogP) is 3.76. The van der Waals surface area contributed by atoms with Gasteiger partial charge in [-0.2, -0.15) is 0 Å². The first kappa shape index (κ1) is 17.3. The van der Waals surface area contributed by atoms with Crippen molar-refractivity contribution in [2.24, 2.45) is 11.3 Å². The zero-order chi connectivity index (χ0) is 15.0. The van der Waals surface area contributed by atoms with E-state index >= 15 is 0 Å². The number of nitrogens with one attached hydrogen (secondary N) is 1. The summed E-state index contributed by atoms with van der Waals surface area (Å²) in [5, 5.41) is 3.64. The van der Waals surface area contributed by atoms with Crippen LogP contribution in [0.1, 0.15) is 46.3 Å². The number of hydrogen-bond acceptors (Lipinski definition) is 3. The van der Waals surface area contributed by atoms with Gasteiger partial charge in [-0.25, -0.2) is 0 Å². The van der Waals surface area contributed by atoms with Gasteiger partial charge in [0.1, 0.15) is 5.76 Å². The van der Waals surface area contributed by atoms with Crippen LogP contribution in [0.3, 0.4) is 0 Å². The molecule has 1 aromatic rings. The molecule has 0 saturated carbocycles. The minimum atomic E-state index is 0.357. The van der Waals surface area contributed by atoms with E-state index in [2.05, 4.69) is 45.0 Å². The Kier molecular flexibility index (Phi) is 7.31. The van der Waals surface area contributed by atoms with Crippen molar-refractivity contribution in [3.8, 4) is 0 Å². The van der Waals surface area contributed by atoms with E-state index in [0.717, 1.165) is 31.9 Å². The van der Waals surface area contributed by atoms with Crippen molar-refractivity contribution in [3.63, 3.8) is 0 Å². The van der Waals surface area contributed by atoms with Gasteiger partial charge in [0.15, 0.2) is 0 Å². The Bertz CT molecular complexity index is 342.